The molecule has 1 aromatic carbocycles. The van der Waals surface area contributed by atoms with Crippen molar-refractivity contribution in [3.63, 3.8) is 0 Å². The number of benzene rings is 1. The Bertz CT molecular complexity index is 499. The predicted octanol–water partition coefficient (Wildman–Crippen LogP) is 2.51. The van der Waals surface area contributed by atoms with Crippen LogP contribution in [-0.4, -0.2) is 37.7 Å². The highest BCUT2D eigenvalue weighted by atomic mass is 16.5. The van der Waals surface area contributed by atoms with Crippen LogP contribution in [0.2, 0.25) is 0 Å². The fourth-order valence-corrected chi connectivity index (χ4v) is 2.57. The Morgan fingerprint density at radius 2 is 2.19 bits per heavy atom. The second-order valence-corrected chi connectivity index (χ2v) is 6.17. The SMILES string of the molecule is CCOC(=O)C(C)(CN(C)c1cccc(C)c1)NC1CC1. The van der Waals surface area contributed by atoms with Crippen LogP contribution in [0.4, 0.5) is 5.69 Å². The molecule has 4 heteroatoms. The van der Waals surface area contributed by atoms with E-state index in [2.05, 4.69) is 35.3 Å². The highest BCUT2D eigenvalue weighted by Crippen LogP contribution is 2.25. The molecule has 116 valence electrons. The van der Waals surface area contributed by atoms with Gasteiger partial charge in [-0.05, 0) is 51.3 Å². The summed E-state index contributed by atoms with van der Waals surface area (Å²) in [4.78, 5) is 14.5. The zero-order chi connectivity index (χ0) is 15.5. The van der Waals surface area contributed by atoms with Gasteiger partial charge in [0.15, 0.2) is 0 Å². The van der Waals surface area contributed by atoms with Gasteiger partial charge in [-0.1, -0.05) is 12.1 Å². The van der Waals surface area contributed by atoms with Crippen LogP contribution < -0.4 is 10.2 Å². The molecule has 0 radical (unpaired) electrons. The Morgan fingerprint density at radius 1 is 1.48 bits per heavy atom. The zero-order valence-corrected chi connectivity index (χ0v) is 13.5. The van der Waals surface area contributed by atoms with Gasteiger partial charge >= 0.3 is 5.97 Å². The second kappa shape index (κ2) is 6.48. The van der Waals surface area contributed by atoms with Gasteiger partial charge in [-0.3, -0.25) is 5.32 Å². The number of anilines is 1. The first-order chi connectivity index (χ1) is 9.94. The topological polar surface area (TPSA) is 41.6 Å². The summed E-state index contributed by atoms with van der Waals surface area (Å²) in [6.07, 6.45) is 2.28. The first-order valence-corrected chi connectivity index (χ1v) is 7.67. The summed E-state index contributed by atoms with van der Waals surface area (Å²) in [6, 6.07) is 8.75. The van der Waals surface area contributed by atoms with Gasteiger partial charge in [-0.2, -0.15) is 0 Å². The predicted molar refractivity (Wildman–Crippen MR) is 85.6 cm³/mol. The monoisotopic (exact) mass is 290 g/mol. The minimum absolute atomic E-state index is 0.170. The van der Waals surface area contributed by atoms with Crippen molar-refractivity contribution in [3.8, 4) is 0 Å². The van der Waals surface area contributed by atoms with Crippen molar-refractivity contribution in [2.45, 2.75) is 45.2 Å². The van der Waals surface area contributed by atoms with Crippen LogP contribution in [-0.2, 0) is 9.53 Å². The van der Waals surface area contributed by atoms with Gasteiger partial charge in [0.25, 0.3) is 0 Å². The zero-order valence-electron chi connectivity index (χ0n) is 13.5. The normalized spacial score (nSPS) is 17.1. The van der Waals surface area contributed by atoms with E-state index < -0.39 is 5.54 Å². The average molecular weight is 290 g/mol. The summed E-state index contributed by atoms with van der Waals surface area (Å²) in [7, 11) is 2.01. The molecule has 1 fully saturated rings. The summed E-state index contributed by atoms with van der Waals surface area (Å²) in [5.74, 6) is -0.170. The van der Waals surface area contributed by atoms with E-state index in [1.807, 2.05) is 27.0 Å². The van der Waals surface area contributed by atoms with Crippen LogP contribution in [0.25, 0.3) is 0 Å². The Hall–Kier alpha value is -1.55. The minimum Gasteiger partial charge on any atom is -0.465 e. The molecule has 1 atom stereocenters. The number of rotatable bonds is 7. The van der Waals surface area contributed by atoms with Gasteiger partial charge in [-0.25, -0.2) is 4.79 Å². The third-order valence-electron chi connectivity index (χ3n) is 3.82. The lowest BCUT2D eigenvalue weighted by molar-refractivity contribution is -0.150. The average Bonchev–Trinajstić information content (AvgIpc) is 3.22. The van der Waals surface area contributed by atoms with Crippen LogP contribution in [0.3, 0.4) is 0 Å². The molecule has 0 heterocycles. The van der Waals surface area contributed by atoms with E-state index in [-0.39, 0.29) is 5.97 Å². The molecule has 1 N–H and O–H groups in total. The molecule has 0 saturated heterocycles. The van der Waals surface area contributed by atoms with Crippen molar-refractivity contribution < 1.29 is 9.53 Å². The van der Waals surface area contributed by atoms with Gasteiger partial charge < -0.3 is 9.64 Å². The van der Waals surface area contributed by atoms with E-state index in [1.165, 1.54) is 5.56 Å². The molecular formula is C17H26N2O2. The fraction of sp³-hybridized carbons (Fsp3) is 0.588. The van der Waals surface area contributed by atoms with Crippen LogP contribution >= 0.6 is 0 Å². The van der Waals surface area contributed by atoms with Crippen molar-refractivity contribution in [3.05, 3.63) is 29.8 Å². The first kappa shape index (κ1) is 15.8. The summed E-state index contributed by atoms with van der Waals surface area (Å²) in [5.41, 5.74) is 1.66. The van der Waals surface area contributed by atoms with E-state index >= 15 is 0 Å². The molecule has 0 aliphatic heterocycles. The molecule has 0 bridgehead atoms. The van der Waals surface area contributed by atoms with Crippen molar-refractivity contribution in [2.24, 2.45) is 0 Å². The van der Waals surface area contributed by atoms with Crippen molar-refractivity contribution in [2.75, 3.05) is 25.1 Å². The molecule has 1 aliphatic rings. The van der Waals surface area contributed by atoms with Crippen molar-refractivity contribution in [1.29, 1.82) is 0 Å². The quantitative estimate of drug-likeness (QED) is 0.784. The van der Waals surface area contributed by atoms with Gasteiger partial charge in [0.05, 0.1) is 6.61 Å². The second-order valence-electron chi connectivity index (χ2n) is 6.17. The Balaban J connectivity index is 2.11. The molecule has 0 aromatic heterocycles. The molecule has 0 spiro atoms. The van der Waals surface area contributed by atoms with Gasteiger partial charge in [0.1, 0.15) is 5.54 Å². The van der Waals surface area contributed by atoms with Crippen molar-refractivity contribution in [1.82, 2.24) is 5.32 Å². The Kier molecular flexibility index (Phi) is 4.88. The van der Waals surface area contributed by atoms with E-state index in [0.29, 0.717) is 19.2 Å². The number of hydrogen-bond acceptors (Lipinski definition) is 4. The smallest absolute Gasteiger partial charge is 0.327 e. The van der Waals surface area contributed by atoms with Crippen LogP contribution in [0.5, 0.6) is 0 Å². The fourth-order valence-electron chi connectivity index (χ4n) is 2.57. The summed E-state index contributed by atoms with van der Waals surface area (Å²) < 4.78 is 5.27. The van der Waals surface area contributed by atoms with Crippen molar-refractivity contribution >= 4 is 11.7 Å². The lowest BCUT2D eigenvalue weighted by Gasteiger charge is -2.34. The Labute approximate surface area is 127 Å². The van der Waals surface area contributed by atoms with Gasteiger partial charge in [0, 0.05) is 25.3 Å². The molecule has 4 nitrogen and oxygen atoms in total. The summed E-state index contributed by atoms with van der Waals surface area (Å²) in [5, 5.41) is 3.45. The number of carbonyl (C=O) groups excluding carboxylic acids is 1. The minimum atomic E-state index is -0.671. The summed E-state index contributed by atoms with van der Waals surface area (Å²) >= 11 is 0. The largest absolute Gasteiger partial charge is 0.465 e. The first-order valence-electron chi connectivity index (χ1n) is 7.67. The maximum Gasteiger partial charge on any atom is 0.327 e. The number of carbonyl (C=O) groups is 1. The highest BCUT2D eigenvalue weighted by Gasteiger charge is 2.40. The lowest BCUT2D eigenvalue weighted by Crippen LogP contribution is -2.58. The van der Waals surface area contributed by atoms with E-state index in [0.717, 1.165) is 18.5 Å². The number of nitrogens with one attached hydrogen (secondary N) is 1. The van der Waals surface area contributed by atoms with E-state index in [9.17, 15) is 4.79 Å². The number of hydrogen-bond donors (Lipinski definition) is 1. The number of esters is 1. The third kappa shape index (κ3) is 4.21. The highest BCUT2D eigenvalue weighted by molar-refractivity contribution is 5.81. The maximum absolute atomic E-state index is 12.4. The van der Waals surface area contributed by atoms with Gasteiger partial charge in [0.2, 0.25) is 0 Å². The molecule has 2 rings (SSSR count). The third-order valence-corrected chi connectivity index (χ3v) is 3.82. The molecule has 1 saturated carbocycles. The molecule has 1 unspecified atom stereocenters. The van der Waals surface area contributed by atoms with Crippen LogP contribution in [0, 0.1) is 6.92 Å². The number of likely N-dealkylation sites (N-methyl/N-ethyl adjacent to an activating group) is 1. The standard InChI is InChI=1S/C17H26N2O2/c1-5-21-16(20)17(3,18-14-9-10-14)12-19(4)15-8-6-7-13(2)11-15/h6-8,11,14,18H,5,9-10,12H2,1-4H3. The van der Waals surface area contributed by atoms with Gasteiger partial charge in [-0.15, -0.1) is 0 Å². The molecule has 1 aliphatic carbocycles. The van der Waals surface area contributed by atoms with E-state index in [4.69, 9.17) is 4.74 Å². The van der Waals surface area contributed by atoms with Crippen LogP contribution in [0.1, 0.15) is 32.3 Å². The van der Waals surface area contributed by atoms with E-state index in [1.54, 1.807) is 0 Å². The number of nitrogens with zero attached hydrogens (tertiary/aromatic N) is 1. The number of aryl methyl sites for hydroxylation is 1. The molecule has 0 amide bonds. The molecule has 21 heavy (non-hydrogen) atoms. The maximum atomic E-state index is 12.4. The number of ether oxygens (including phenoxy) is 1. The van der Waals surface area contributed by atoms with Crippen LogP contribution in [0.15, 0.2) is 24.3 Å². The molecule has 1 aromatic rings. The summed E-state index contributed by atoms with van der Waals surface area (Å²) in [6.45, 7) is 6.86. The molecular weight excluding hydrogens is 264 g/mol. The lowest BCUT2D eigenvalue weighted by atomic mass is 10.0. The Morgan fingerprint density at radius 3 is 2.76 bits per heavy atom.